The topological polar surface area (TPSA) is 82.4 Å². The van der Waals surface area contributed by atoms with Crippen LogP contribution in [0.2, 0.25) is 0 Å². The molecule has 128 valence electrons. The summed E-state index contributed by atoms with van der Waals surface area (Å²) >= 11 is 0. The third-order valence-electron chi connectivity index (χ3n) is 3.54. The first-order valence-corrected chi connectivity index (χ1v) is 7.83. The lowest BCUT2D eigenvalue weighted by Gasteiger charge is -2.20. The molecule has 0 aromatic heterocycles. The zero-order valence-electron chi connectivity index (χ0n) is 13.9. The van der Waals surface area contributed by atoms with Gasteiger partial charge >= 0.3 is 0 Å². The first-order valence-electron chi connectivity index (χ1n) is 7.83. The first kappa shape index (κ1) is 18.0. The predicted molar refractivity (Wildman–Crippen MR) is 92.6 cm³/mol. The third kappa shape index (κ3) is 5.36. The van der Waals surface area contributed by atoms with E-state index in [0.29, 0.717) is 11.3 Å². The van der Waals surface area contributed by atoms with Crippen molar-refractivity contribution in [2.75, 3.05) is 13.7 Å². The van der Waals surface area contributed by atoms with Crippen LogP contribution in [-0.2, 0) is 4.79 Å². The monoisotopic (exact) mass is 337 g/mol. The van der Waals surface area contributed by atoms with E-state index in [1.807, 2.05) is 18.2 Å². The van der Waals surface area contributed by atoms with E-state index in [9.17, 15) is 9.59 Å². The number of carbonyl (C=O) groups is 2. The van der Waals surface area contributed by atoms with Gasteiger partial charge in [0, 0.05) is 19.0 Å². The minimum atomic E-state index is -0.846. The van der Waals surface area contributed by atoms with Crippen LogP contribution in [-0.4, -0.2) is 36.4 Å². The van der Waals surface area contributed by atoms with Gasteiger partial charge in [-0.2, -0.15) is 5.26 Å². The molecular formula is C19H19N3O3. The van der Waals surface area contributed by atoms with Crippen molar-refractivity contribution in [3.63, 3.8) is 0 Å². The van der Waals surface area contributed by atoms with Gasteiger partial charge in [0.1, 0.15) is 11.8 Å². The minimum Gasteiger partial charge on any atom is -0.494 e. The zero-order chi connectivity index (χ0) is 18.1. The van der Waals surface area contributed by atoms with Crippen molar-refractivity contribution in [1.82, 2.24) is 10.2 Å². The summed E-state index contributed by atoms with van der Waals surface area (Å²) in [7, 11) is 1.36. The van der Waals surface area contributed by atoms with Crippen LogP contribution >= 0.6 is 0 Å². The van der Waals surface area contributed by atoms with E-state index < -0.39 is 11.9 Å². The molecule has 2 aromatic carbocycles. The molecule has 1 N–H and O–H groups in total. The Balaban J connectivity index is 2.01. The molecule has 0 fully saturated rings. The molecule has 2 aromatic rings. The van der Waals surface area contributed by atoms with Crippen molar-refractivity contribution in [2.45, 2.75) is 12.5 Å². The van der Waals surface area contributed by atoms with Crippen molar-refractivity contribution >= 4 is 11.8 Å². The van der Waals surface area contributed by atoms with Gasteiger partial charge in [-0.1, -0.05) is 36.4 Å². The second kappa shape index (κ2) is 9.08. The van der Waals surface area contributed by atoms with Crippen LogP contribution in [0.5, 0.6) is 5.75 Å². The standard InChI is InChI=1S/C19H19N3O3/c1-22(14-20)19(24)17(12-13-25-16-10-6-3-7-11-16)21-18(23)15-8-4-2-5-9-15/h2-11,17H,12-13H2,1H3,(H,21,23). The lowest BCUT2D eigenvalue weighted by atomic mass is 10.1. The number of ether oxygens (including phenoxy) is 1. The van der Waals surface area contributed by atoms with E-state index in [0.717, 1.165) is 4.90 Å². The van der Waals surface area contributed by atoms with E-state index in [-0.39, 0.29) is 18.9 Å². The fourth-order valence-electron chi connectivity index (χ4n) is 2.18. The number of nitrogens with one attached hydrogen (secondary N) is 1. The normalized spacial score (nSPS) is 11.0. The third-order valence-corrected chi connectivity index (χ3v) is 3.54. The quantitative estimate of drug-likeness (QED) is 0.620. The van der Waals surface area contributed by atoms with Gasteiger partial charge in [-0.3, -0.25) is 14.5 Å². The lowest BCUT2D eigenvalue weighted by molar-refractivity contribution is -0.129. The fraction of sp³-hybridized carbons (Fsp3) is 0.211. The maximum Gasteiger partial charge on any atom is 0.258 e. The summed E-state index contributed by atoms with van der Waals surface area (Å²) in [5.41, 5.74) is 0.448. The Labute approximate surface area is 146 Å². The van der Waals surface area contributed by atoms with Gasteiger partial charge in [0.05, 0.1) is 6.61 Å². The lowest BCUT2D eigenvalue weighted by Crippen LogP contribution is -2.46. The number of hydrogen-bond acceptors (Lipinski definition) is 4. The van der Waals surface area contributed by atoms with Gasteiger partial charge in [-0.15, -0.1) is 0 Å². The zero-order valence-corrected chi connectivity index (χ0v) is 13.9. The van der Waals surface area contributed by atoms with Gasteiger partial charge in [0.25, 0.3) is 11.8 Å². The van der Waals surface area contributed by atoms with Crippen molar-refractivity contribution in [3.8, 4) is 11.9 Å². The average Bonchev–Trinajstić information content (AvgIpc) is 2.67. The smallest absolute Gasteiger partial charge is 0.258 e. The van der Waals surface area contributed by atoms with Crippen LogP contribution in [0.1, 0.15) is 16.8 Å². The number of nitrogens with zero attached hydrogens (tertiary/aromatic N) is 2. The van der Waals surface area contributed by atoms with Crippen LogP contribution < -0.4 is 10.1 Å². The largest absolute Gasteiger partial charge is 0.494 e. The number of nitriles is 1. The molecule has 0 saturated carbocycles. The number of para-hydroxylation sites is 1. The summed E-state index contributed by atoms with van der Waals surface area (Å²) in [6, 6.07) is 16.9. The summed E-state index contributed by atoms with van der Waals surface area (Å²) in [5.74, 6) is -0.176. The van der Waals surface area contributed by atoms with Gasteiger partial charge in [0.15, 0.2) is 6.19 Å². The Morgan fingerprint density at radius 2 is 1.72 bits per heavy atom. The minimum absolute atomic E-state index is 0.231. The Kier molecular flexibility index (Phi) is 6.55. The molecular weight excluding hydrogens is 318 g/mol. The van der Waals surface area contributed by atoms with Gasteiger partial charge in [-0.05, 0) is 24.3 Å². The van der Waals surface area contributed by atoms with Crippen molar-refractivity contribution in [3.05, 3.63) is 66.2 Å². The molecule has 0 heterocycles. The van der Waals surface area contributed by atoms with E-state index in [4.69, 9.17) is 10.00 Å². The number of likely N-dealkylation sites (N-methyl/N-ethyl adjacent to an activating group) is 1. The van der Waals surface area contributed by atoms with Gasteiger partial charge in [0.2, 0.25) is 0 Å². The molecule has 6 nitrogen and oxygen atoms in total. The van der Waals surface area contributed by atoms with Crippen LogP contribution in [0.4, 0.5) is 0 Å². The molecule has 0 spiro atoms. The predicted octanol–water partition coefficient (Wildman–Crippen LogP) is 2.19. The number of hydrogen-bond donors (Lipinski definition) is 1. The summed E-state index contributed by atoms with van der Waals surface area (Å²) in [6.07, 6.45) is 2.01. The van der Waals surface area contributed by atoms with E-state index in [2.05, 4.69) is 5.32 Å². The van der Waals surface area contributed by atoms with Crippen molar-refractivity contribution in [1.29, 1.82) is 5.26 Å². The van der Waals surface area contributed by atoms with Gasteiger partial charge in [-0.25, -0.2) is 0 Å². The first-order chi connectivity index (χ1) is 12.1. The van der Waals surface area contributed by atoms with Crippen LogP contribution in [0.15, 0.2) is 60.7 Å². The SMILES string of the molecule is CN(C#N)C(=O)C(CCOc1ccccc1)NC(=O)c1ccccc1. The highest BCUT2D eigenvalue weighted by Gasteiger charge is 2.24. The molecule has 0 bridgehead atoms. The Morgan fingerprint density at radius 3 is 2.32 bits per heavy atom. The summed E-state index contributed by atoms with van der Waals surface area (Å²) in [5, 5.41) is 11.6. The molecule has 2 amide bonds. The van der Waals surface area contributed by atoms with Crippen molar-refractivity contribution in [2.24, 2.45) is 0 Å². The Morgan fingerprint density at radius 1 is 1.12 bits per heavy atom. The van der Waals surface area contributed by atoms with Crippen molar-refractivity contribution < 1.29 is 14.3 Å². The number of benzene rings is 2. The van der Waals surface area contributed by atoms with E-state index in [1.165, 1.54) is 7.05 Å². The number of amides is 2. The number of carbonyl (C=O) groups excluding carboxylic acids is 2. The summed E-state index contributed by atoms with van der Waals surface area (Å²) in [6.45, 7) is 0.231. The maximum absolute atomic E-state index is 12.3. The molecule has 0 aliphatic heterocycles. The second-order valence-electron chi connectivity index (χ2n) is 5.34. The Hall–Kier alpha value is -3.33. The molecule has 0 aliphatic carbocycles. The molecule has 6 heteroatoms. The van der Waals surface area contributed by atoms with Gasteiger partial charge < -0.3 is 10.1 Å². The Bertz CT molecular complexity index is 742. The summed E-state index contributed by atoms with van der Waals surface area (Å²) < 4.78 is 5.58. The molecule has 1 unspecified atom stereocenters. The molecule has 1 atom stereocenters. The maximum atomic E-state index is 12.3. The number of rotatable bonds is 7. The molecule has 2 rings (SSSR count). The second-order valence-corrected chi connectivity index (χ2v) is 5.34. The average molecular weight is 337 g/mol. The fourth-order valence-corrected chi connectivity index (χ4v) is 2.18. The van der Waals surface area contributed by atoms with E-state index in [1.54, 1.807) is 48.7 Å². The molecule has 0 radical (unpaired) electrons. The van der Waals surface area contributed by atoms with Crippen LogP contribution in [0, 0.1) is 11.5 Å². The summed E-state index contributed by atoms with van der Waals surface area (Å²) in [4.78, 5) is 25.5. The molecule has 0 saturated heterocycles. The highest BCUT2D eigenvalue weighted by Crippen LogP contribution is 2.10. The molecule has 0 aliphatic rings. The van der Waals surface area contributed by atoms with Crippen LogP contribution in [0.3, 0.4) is 0 Å². The molecule has 25 heavy (non-hydrogen) atoms. The van der Waals surface area contributed by atoms with E-state index >= 15 is 0 Å². The van der Waals surface area contributed by atoms with Crippen LogP contribution in [0.25, 0.3) is 0 Å². The highest BCUT2D eigenvalue weighted by atomic mass is 16.5. The highest BCUT2D eigenvalue weighted by molar-refractivity contribution is 5.97.